The van der Waals surface area contributed by atoms with Crippen molar-refractivity contribution in [3.8, 4) is 0 Å². The highest BCUT2D eigenvalue weighted by Gasteiger charge is 2.31. The van der Waals surface area contributed by atoms with Crippen molar-refractivity contribution in [1.29, 1.82) is 0 Å². The molecule has 150 valence electrons. The van der Waals surface area contributed by atoms with Gasteiger partial charge in [0.1, 0.15) is 0 Å². The van der Waals surface area contributed by atoms with Crippen molar-refractivity contribution in [2.24, 2.45) is 0 Å². The van der Waals surface area contributed by atoms with E-state index in [1.165, 1.54) is 6.20 Å². The van der Waals surface area contributed by atoms with Crippen molar-refractivity contribution < 1.29 is 13.2 Å². The van der Waals surface area contributed by atoms with Gasteiger partial charge in [0, 0.05) is 29.7 Å². The molecule has 0 bridgehead atoms. The molecule has 1 amide bonds. The molecule has 0 atom stereocenters. The minimum absolute atomic E-state index is 0.0186. The fourth-order valence-electron chi connectivity index (χ4n) is 3.82. The molecule has 2 aromatic carbocycles. The molecule has 29 heavy (non-hydrogen) atoms. The quantitative estimate of drug-likeness (QED) is 0.608. The van der Waals surface area contributed by atoms with Crippen LogP contribution in [0.4, 0.5) is 0 Å². The fourth-order valence-corrected chi connectivity index (χ4v) is 5.84. The minimum Gasteiger partial charge on any atom is -0.339 e. The lowest BCUT2D eigenvalue weighted by atomic mass is 10.1. The summed E-state index contributed by atoms with van der Waals surface area (Å²) in [6.07, 6.45) is 4.29. The predicted octanol–water partition coefficient (Wildman–Crippen LogP) is 4.66. The molecule has 3 aromatic rings. The first-order chi connectivity index (χ1) is 13.9. The zero-order valence-corrected chi connectivity index (χ0v) is 17.6. The number of aryl methyl sites for hydroxylation is 1. The number of benzene rings is 2. The maximum atomic E-state index is 13.7. The van der Waals surface area contributed by atoms with Gasteiger partial charge in [-0.25, -0.2) is 8.42 Å². The molecule has 2 heterocycles. The highest BCUT2D eigenvalue weighted by molar-refractivity contribution is 7.91. The van der Waals surface area contributed by atoms with Gasteiger partial charge in [-0.3, -0.25) is 9.78 Å². The van der Waals surface area contributed by atoms with E-state index in [1.54, 1.807) is 54.3 Å². The number of nitrogens with zero attached hydrogens (tertiary/aromatic N) is 2. The van der Waals surface area contributed by atoms with Crippen LogP contribution in [-0.4, -0.2) is 37.3 Å². The van der Waals surface area contributed by atoms with Crippen molar-refractivity contribution in [3.05, 3.63) is 64.8 Å². The van der Waals surface area contributed by atoms with E-state index in [-0.39, 0.29) is 21.3 Å². The molecule has 4 rings (SSSR count). The molecular weight excluding hydrogens is 408 g/mol. The number of likely N-dealkylation sites (tertiary alicyclic amines) is 1. The molecule has 1 aliphatic heterocycles. The molecule has 7 heteroatoms. The molecule has 0 radical (unpaired) electrons. The van der Waals surface area contributed by atoms with Gasteiger partial charge >= 0.3 is 0 Å². The van der Waals surface area contributed by atoms with Crippen LogP contribution in [0.2, 0.25) is 5.02 Å². The Balaban J connectivity index is 2.00. The Kier molecular flexibility index (Phi) is 5.32. The Labute approximate surface area is 175 Å². The van der Waals surface area contributed by atoms with E-state index in [2.05, 4.69) is 4.98 Å². The molecular formula is C22H21ClN2O3S. The Morgan fingerprint density at radius 3 is 2.52 bits per heavy atom. The van der Waals surface area contributed by atoms with Crippen molar-refractivity contribution in [1.82, 2.24) is 9.88 Å². The summed E-state index contributed by atoms with van der Waals surface area (Å²) in [6.45, 7) is 2.99. The molecule has 1 aliphatic rings. The lowest BCUT2D eigenvalue weighted by molar-refractivity contribution is 0.0720. The van der Waals surface area contributed by atoms with Crippen molar-refractivity contribution in [2.45, 2.75) is 36.0 Å². The van der Waals surface area contributed by atoms with Gasteiger partial charge in [0.25, 0.3) is 5.91 Å². The number of pyridine rings is 1. The number of carbonyl (C=O) groups is 1. The number of amides is 1. The van der Waals surface area contributed by atoms with Crippen LogP contribution in [-0.2, 0) is 9.84 Å². The van der Waals surface area contributed by atoms with Crippen LogP contribution in [0.1, 0.15) is 35.2 Å². The number of aromatic nitrogens is 1. The molecule has 0 N–H and O–H groups in total. The Hall–Kier alpha value is -2.44. The number of carbonyl (C=O) groups excluding carboxylic acids is 1. The van der Waals surface area contributed by atoms with Crippen LogP contribution in [0.3, 0.4) is 0 Å². The Morgan fingerprint density at radius 2 is 1.79 bits per heavy atom. The molecule has 0 aliphatic carbocycles. The van der Waals surface area contributed by atoms with Gasteiger partial charge in [-0.2, -0.15) is 0 Å². The van der Waals surface area contributed by atoms with Gasteiger partial charge in [-0.1, -0.05) is 29.8 Å². The molecule has 0 unspecified atom stereocenters. The van der Waals surface area contributed by atoms with Crippen LogP contribution in [0.15, 0.2) is 58.5 Å². The standard InChI is InChI=1S/C22H21ClN2O3S/c1-15-7-3-4-8-20(15)29(27,28)21-17-13-16(23)9-10-19(17)24-14-18(21)22(26)25-11-5-2-6-12-25/h3-4,7-10,13-14H,2,5-6,11-12H2,1H3. The largest absolute Gasteiger partial charge is 0.339 e. The summed E-state index contributed by atoms with van der Waals surface area (Å²) in [5.74, 6) is -0.300. The summed E-state index contributed by atoms with van der Waals surface area (Å²) in [5, 5.41) is 0.756. The number of fused-ring (bicyclic) bond motifs is 1. The van der Waals surface area contributed by atoms with Gasteiger partial charge < -0.3 is 4.90 Å². The van der Waals surface area contributed by atoms with E-state index in [9.17, 15) is 13.2 Å². The van der Waals surface area contributed by atoms with Gasteiger partial charge in [-0.05, 0) is 56.0 Å². The summed E-state index contributed by atoms with van der Waals surface area (Å²) in [7, 11) is -3.97. The van der Waals surface area contributed by atoms with E-state index in [0.717, 1.165) is 19.3 Å². The third-order valence-corrected chi connectivity index (χ3v) is 7.56. The van der Waals surface area contributed by atoms with Crippen molar-refractivity contribution in [2.75, 3.05) is 13.1 Å². The van der Waals surface area contributed by atoms with Gasteiger partial charge in [0.2, 0.25) is 9.84 Å². The second-order valence-corrected chi connectivity index (χ2v) is 9.58. The first-order valence-corrected chi connectivity index (χ1v) is 11.4. The Bertz CT molecular complexity index is 1200. The minimum atomic E-state index is -3.97. The average Bonchev–Trinajstić information content (AvgIpc) is 2.73. The maximum Gasteiger partial charge on any atom is 0.256 e. The molecule has 0 saturated carbocycles. The summed E-state index contributed by atoms with van der Waals surface area (Å²) < 4.78 is 27.5. The maximum absolute atomic E-state index is 13.7. The number of hydrogen-bond acceptors (Lipinski definition) is 4. The summed E-state index contributed by atoms with van der Waals surface area (Å²) >= 11 is 6.18. The summed E-state index contributed by atoms with van der Waals surface area (Å²) in [4.78, 5) is 19.5. The normalized spacial score (nSPS) is 14.9. The smallest absolute Gasteiger partial charge is 0.256 e. The number of rotatable bonds is 3. The lowest BCUT2D eigenvalue weighted by Crippen LogP contribution is -2.36. The summed E-state index contributed by atoms with van der Waals surface area (Å²) in [6, 6.07) is 11.7. The van der Waals surface area contributed by atoms with E-state index in [4.69, 9.17) is 11.6 Å². The number of piperidine rings is 1. The van der Waals surface area contributed by atoms with E-state index in [1.807, 2.05) is 0 Å². The average molecular weight is 429 g/mol. The predicted molar refractivity (Wildman–Crippen MR) is 113 cm³/mol. The van der Waals surface area contributed by atoms with Crippen LogP contribution < -0.4 is 0 Å². The molecule has 1 fully saturated rings. The molecule has 1 saturated heterocycles. The van der Waals surface area contributed by atoms with E-state index < -0.39 is 9.84 Å². The van der Waals surface area contributed by atoms with Crippen molar-refractivity contribution in [3.63, 3.8) is 0 Å². The highest BCUT2D eigenvalue weighted by Crippen LogP contribution is 2.34. The highest BCUT2D eigenvalue weighted by atomic mass is 35.5. The SMILES string of the molecule is Cc1ccccc1S(=O)(=O)c1c(C(=O)N2CCCCC2)cnc2ccc(Cl)cc12. The fraction of sp³-hybridized carbons (Fsp3) is 0.273. The zero-order chi connectivity index (χ0) is 20.6. The Morgan fingerprint density at radius 1 is 1.07 bits per heavy atom. The van der Waals surface area contributed by atoms with Crippen molar-refractivity contribution >= 4 is 38.2 Å². The van der Waals surface area contributed by atoms with Crippen LogP contribution >= 0.6 is 11.6 Å². The van der Waals surface area contributed by atoms with Crippen LogP contribution in [0.25, 0.3) is 10.9 Å². The summed E-state index contributed by atoms with van der Waals surface area (Å²) in [5.41, 5.74) is 1.21. The number of halogens is 1. The second-order valence-electron chi connectivity index (χ2n) is 7.28. The van der Waals surface area contributed by atoms with Crippen LogP contribution in [0, 0.1) is 6.92 Å². The third-order valence-electron chi connectivity index (χ3n) is 5.31. The van der Waals surface area contributed by atoms with Gasteiger partial charge in [0.05, 0.1) is 20.9 Å². The second kappa shape index (κ2) is 7.76. The van der Waals surface area contributed by atoms with E-state index in [0.29, 0.717) is 34.6 Å². The third kappa shape index (κ3) is 3.63. The molecule has 5 nitrogen and oxygen atoms in total. The van der Waals surface area contributed by atoms with Crippen LogP contribution in [0.5, 0.6) is 0 Å². The molecule has 1 aromatic heterocycles. The zero-order valence-electron chi connectivity index (χ0n) is 16.1. The first-order valence-electron chi connectivity index (χ1n) is 9.58. The number of sulfone groups is 1. The lowest BCUT2D eigenvalue weighted by Gasteiger charge is -2.27. The monoisotopic (exact) mass is 428 g/mol. The topological polar surface area (TPSA) is 67.3 Å². The number of hydrogen-bond donors (Lipinski definition) is 0. The van der Waals surface area contributed by atoms with Gasteiger partial charge in [0.15, 0.2) is 0 Å². The van der Waals surface area contributed by atoms with Gasteiger partial charge in [-0.15, -0.1) is 0 Å². The van der Waals surface area contributed by atoms with E-state index >= 15 is 0 Å². The first kappa shape index (κ1) is 19.9. The molecule has 0 spiro atoms.